The Labute approximate surface area is 252 Å². The number of ether oxygens (including phenoxy) is 2. The average molecular weight is 598 g/mol. The minimum Gasteiger partial charge on any atom is -0.489 e. The summed E-state index contributed by atoms with van der Waals surface area (Å²) >= 11 is 0. The highest BCUT2D eigenvalue weighted by molar-refractivity contribution is 7.40. The van der Waals surface area contributed by atoms with Gasteiger partial charge in [0.25, 0.3) is 0 Å². The van der Waals surface area contributed by atoms with Crippen molar-refractivity contribution in [1.29, 1.82) is 0 Å². The van der Waals surface area contributed by atoms with Crippen molar-refractivity contribution in [3.05, 3.63) is 29.8 Å². The molecule has 0 bridgehead atoms. The first-order valence-electron chi connectivity index (χ1n) is 16.3. The van der Waals surface area contributed by atoms with Gasteiger partial charge in [0, 0.05) is 6.42 Å². The van der Waals surface area contributed by atoms with Crippen LogP contribution in [0.3, 0.4) is 0 Å². The van der Waals surface area contributed by atoms with Crippen molar-refractivity contribution in [2.45, 2.75) is 129 Å². The Morgan fingerprint density at radius 1 is 0.805 bits per heavy atom. The van der Waals surface area contributed by atoms with E-state index in [-0.39, 0.29) is 25.6 Å². The summed E-state index contributed by atoms with van der Waals surface area (Å²) < 4.78 is 22.4. The summed E-state index contributed by atoms with van der Waals surface area (Å²) in [5.41, 5.74) is 1.17. The molecular formula is C33H60NO6P. The van der Waals surface area contributed by atoms with E-state index in [0.717, 1.165) is 31.6 Å². The number of rotatable bonds is 28. The average Bonchev–Trinajstić information content (AvgIpc) is 2.97. The maximum atomic E-state index is 12.0. The maximum absolute atomic E-state index is 12.0. The lowest BCUT2D eigenvalue weighted by Gasteiger charge is -2.20. The molecule has 0 aliphatic carbocycles. The molecular weight excluding hydrogens is 537 g/mol. The van der Waals surface area contributed by atoms with Crippen LogP contribution in [-0.4, -0.2) is 62.3 Å². The quantitative estimate of drug-likeness (QED) is 0.0589. The summed E-state index contributed by atoms with van der Waals surface area (Å²) in [6, 6.07) is 8.07. The molecule has 8 heteroatoms. The van der Waals surface area contributed by atoms with Crippen LogP contribution in [0, 0.1) is 0 Å². The predicted molar refractivity (Wildman–Crippen MR) is 170 cm³/mol. The van der Waals surface area contributed by atoms with Gasteiger partial charge < -0.3 is 28.3 Å². The van der Waals surface area contributed by atoms with Gasteiger partial charge >= 0.3 is 14.6 Å². The zero-order valence-corrected chi connectivity index (χ0v) is 27.5. The largest absolute Gasteiger partial charge is 0.489 e. The molecule has 41 heavy (non-hydrogen) atoms. The third kappa shape index (κ3) is 22.0. The van der Waals surface area contributed by atoms with E-state index in [2.05, 4.69) is 17.9 Å². The third-order valence-electron chi connectivity index (χ3n) is 7.11. The highest BCUT2D eigenvalue weighted by Crippen LogP contribution is 2.33. The molecule has 1 aromatic carbocycles. The minimum absolute atomic E-state index is 0.0166. The van der Waals surface area contributed by atoms with Crippen molar-refractivity contribution in [2.24, 2.45) is 0 Å². The SMILES string of the molecule is CCCCCCCCCCCCCCCCc1ccccc1OCC(COP(O)OCCCN(C)C)OC(=O)CC. The zero-order chi connectivity index (χ0) is 30.0. The smallest absolute Gasteiger partial charge is 0.329 e. The monoisotopic (exact) mass is 597 g/mol. The maximum Gasteiger partial charge on any atom is 0.329 e. The summed E-state index contributed by atoms with van der Waals surface area (Å²) in [6.07, 6.45) is 20.3. The van der Waals surface area contributed by atoms with E-state index in [0.29, 0.717) is 6.61 Å². The number of para-hydroxylation sites is 1. The fourth-order valence-corrected chi connectivity index (χ4v) is 5.29. The van der Waals surface area contributed by atoms with Crippen LogP contribution in [0.1, 0.15) is 122 Å². The van der Waals surface area contributed by atoms with Crippen LogP contribution in [-0.2, 0) is 25.0 Å². The second-order valence-electron chi connectivity index (χ2n) is 11.3. The molecule has 7 nitrogen and oxygen atoms in total. The van der Waals surface area contributed by atoms with Crippen molar-refractivity contribution in [3.8, 4) is 5.75 Å². The molecule has 1 N–H and O–H groups in total. The lowest BCUT2D eigenvalue weighted by molar-refractivity contribution is -0.152. The Morgan fingerprint density at radius 3 is 1.98 bits per heavy atom. The number of carbonyl (C=O) groups excluding carboxylic acids is 1. The van der Waals surface area contributed by atoms with Crippen LogP contribution >= 0.6 is 8.60 Å². The van der Waals surface area contributed by atoms with E-state index in [1.54, 1.807) is 6.92 Å². The normalized spacial score (nSPS) is 12.9. The van der Waals surface area contributed by atoms with Crippen LogP contribution in [0.4, 0.5) is 0 Å². The van der Waals surface area contributed by atoms with Crippen LogP contribution in [0.2, 0.25) is 0 Å². The van der Waals surface area contributed by atoms with Crippen LogP contribution in [0.5, 0.6) is 5.75 Å². The van der Waals surface area contributed by atoms with Crippen LogP contribution in [0.15, 0.2) is 24.3 Å². The van der Waals surface area contributed by atoms with Gasteiger partial charge in [0.05, 0.1) is 13.2 Å². The molecule has 0 amide bonds. The molecule has 238 valence electrons. The Balaban J connectivity index is 2.30. The van der Waals surface area contributed by atoms with E-state index in [4.69, 9.17) is 18.5 Å². The molecule has 0 saturated carbocycles. The lowest BCUT2D eigenvalue weighted by atomic mass is 10.0. The number of benzene rings is 1. The van der Waals surface area contributed by atoms with Gasteiger partial charge in [0.2, 0.25) is 0 Å². The van der Waals surface area contributed by atoms with E-state index < -0.39 is 14.7 Å². The minimum atomic E-state index is -2.03. The van der Waals surface area contributed by atoms with Gasteiger partial charge in [0.1, 0.15) is 12.4 Å². The Hall–Kier alpha value is -1.24. The predicted octanol–water partition coefficient (Wildman–Crippen LogP) is 8.62. The van der Waals surface area contributed by atoms with Gasteiger partial charge in [0.15, 0.2) is 6.10 Å². The lowest BCUT2D eigenvalue weighted by Crippen LogP contribution is -2.29. The molecule has 2 unspecified atom stereocenters. The number of aryl methyl sites for hydroxylation is 1. The number of hydrogen-bond donors (Lipinski definition) is 1. The molecule has 0 radical (unpaired) electrons. The summed E-state index contributed by atoms with van der Waals surface area (Å²) in [4.78, 5) is 24.1. The highest BCUT2D eigenvalue weighted by atomic mass is 31.2. The number of carbonyl (C=O) groups is 1. The van der Waals surface area contributed by atoms with Gasteiger partial charge in [-0.3, -0.25) is 4.79 Å². The van der Waals surface area contributed by atoms with Gasteiger partial charge in [-0.05, 0) is 51.5 Å². The standard InChI is InChI=1S/C33H60NO6P/c1-5-7-8-9-10-11-12-13-14-15-16-17-18-19-23-30-24-20-21-25-32(30)37-28-31(40-33(35)6-2)29-39-41(36)38-27-22-26-34(3)4/h20-21,24-25,31,36H,5-19,22-23,26-29H2,1-4H3. The summed E-state index contributed by atoms with van der Waals surface area (Å²) in [5, 5.41) is 0. The Morgan fingerprint density at radius 2 is 1.39 bits per heavy atom. The van der Waals surface area contributed by atoms with Gasteiger partial charge in [-0.1, -0.05) is 116 Å². The second kappa shape index (κ2) is 26.4. The fourth-order valence-electron chi connectivity index (χ4n) is 4.64. The number of esters is 1. The number of hydrogen-bond acceptors (Lipinski definition) is 7. The summed E-state index contributed by atoms with van der Waals surface area (Å²) in [7, 11) is 1.95. The summed E-state index contributed by atoms with van der Waals surface area (Å²) in [5.74, 6) is 0.484. The molecule has 0 heterocycles. The molecule has 0 saturated heterocycles. The molecule has 1 aromatic rings. The van der Waals surface area contributed by atoms with E-state index in [1.807, 2.05) is 32.3 Å². The van der Waals surface area contributed by atoms with Crippen molar-refractivity contribution in [2.75, 3.05) is 40.5 Å². The van der Waals surface area contributed by atoms with E-state index in [9.17, 15) is 9.69 Å². The first-order chi connectivity index (χ1) is 20.0. The molecule has 0 aliphatic heterocycles. The van der Waals surface area contributed by atoms with Crippen LogP contribution in [0.25, 0.3) is 0 Å². The number of nitrogens with zero attached hydrogens (tertiary/aromatic N) is 1. The van der Waals surface area contributed by atoms with Crippen molar-refractivity contribution >= 4 is 14.6 Å². The molecule has 0 aromatic heterocycles. The van der Waals surface area contributed by atoms with Crippen molar-refractivity contribution in [3.63, 3.8) is 0 Å². The molecule has 0 fully saturated rings. The first kappa shape index (κ1) is 37.8. The Bertz CT molecular complexity index is 750. The van der Waals surface area contributed by atoms with Gasteiger partial charge in [-0.25, -0.2) is 0 Å². The van der Waals surface area contributed by atoms with E-state index in [1.165, 1.54) is 89.0 Å². The highest BCUT2D eigenvalue weighted by Gasteiger charge is 2.19. The topological polar surface area (TPSA) is 77.5 Å². The third-order valence-corrected chi connectivity index (χ3v) is 7.88. The van der Waals surface area contributed by atoms with E-state index >= 15 is 0 Å². The second-order valence-corrected chi connectivity index (χ2v) is 12.2. The Kier molecular flexibility index (Phi) is 24.3. The summed E-state index contributed by atoms with van der Waals surface area (Å²) in [6.45, 7) is 5.47. The molecule has 0 spiro atoms. The van der Waals surface area contributed by atoms with Gasteiger partial charge in [-0.2, -0.15) is 0 Å². The van der Waals surface area contributed by atoms with Crippen molar-refractivity contribution < 1.29 is 28.2 Å². The van der Waals surface area contributed by atoms with Crippen molar-refractivity contribution in [1.82, 2.24) is 4.90 Å². The molecule has 0 aliphatic rings. The van der Waals surface area contributed by atoms with Crippen LogP contribution < -0.4 is 4.74 Å². The molecule has 2 atom stereocenters. The molecule has 1 rings (SSSR count). The zero-order valence-electron chi connectivity index (χ0n) is 26.6. The fraction of sp³-hybridized carbons (Fsp3) is 0.788. The first-order valence-corrected chi connectivity index (χ1v) is 17.4. The number of unbranched alkanes of at least 4 members (excludes halogenated alkanes) is 13. The van der Waals surface area contributed by atoms with Gasteiger partial charge in [-0.15, -0.1) is 0 Å².